The molecule has 1 aromatic rings. The van der Waals surface area contributed by atoms with Crippen molar-refractivity contribution in [3.63, 3.8) is 0 Å². The molecule has 1 aromatic carbocycles. The molecule has 0 atom stereocenters. The van der Waals surface area contributed by atoms with Crippen molar-refractivity contribution in [2.75, 3.05) is 19.7 Å². The number of nitrogens with zero attached hydrogens (tertiary/aromatic N) is 1. The summed E-state index contributed by atoms with van der Waals surface area (Å²) in [5.41, 5.74) is 0.131. The molecule has 0 bridgehead atoms. The van der Waals surface area contributed by atoms with Gasteiger partial charge in [0.05, 0.1) is 0 Å². The first-order valence-corrected chi connectivity index (χ1v) is 8.54. The van der Waals surface area contributed by atoms with Crippen LogP contribution in [0.15, 0.2) is 24.3 Å². The fourth-order valence-corrected chi connectivity index (χ4v) is 2.76. The Hall–Kier alpha value is -2.66. The molecule has 0 unspecified atom stereocenters. The third kappa shape index (κ3) is 7.70. The Morgan fingerprint density at radius 1 is 1.07 bits per heavy atom. The number of hydrogen-bond donors (Lipinski definition) is 1. The van der Waals surface area contributed by atoms with E-state index in [0.717, 1.165) is 11.0 Å². The molecule has 29 heavy (non-hydrogen) atoms. The molecular formula is C17H18F6N2O4. The zero-order chi connectivity index (χ0) is 21.7. The lowest BCUT2D eigenvalue weighted by Gasteiger charge is -2.30. The Kier molecular flexibility index (Phi) is 7.20. The summed E-state index contributed by atoms with van der Waals surface area (Å²) in [7, 11) is 0. The van der Waals surface area contributed by atoms with Crippen LogP contribution < -0.4 is 10.1 Å². The zero-order valence-electron chi connectivity index (χ0n) is 15.0. The SMILES string of the molecule is O=C(NCc1ccccc1OC(F)(F)F)C1CCN(C(=O)OCC(F)(F)F)CC1. The van der Waals surface area contributed by atoms with Crippen molar-refractivity contribution in [1.82, 2.24) is 10.2 Å². The molecule has 1 fully saturated rings. The van der Waals surface area contributed by atoms with E-state index in [-0.39, 0.29) is 38.0 Å². The number of para-hydroxylation sites is 1. The topological polar surface area (TPSA) is 67.9 Å². The van der Waals surface area contributed by atoms with E-state index in [2.05, 4.69) is 14.8 Å². The molecular weight excluding hydrogens is 410 g/mol. The smallest absolute Gasteiger partial charge is 0.440 e. The van der Waals surface area contributed by atoms with Crippen LogP contribution in [0.5, 0.6) is 5.75 Å². The molecule has 6 nitrogen and oxygen atoms in total. The van der Waals surface area contributed by atoms with Crippen LogP contribution in [0.4, 0.5) is 31.1 Å². The van der Waals surface area contributed by atoms with E-state index in [0.29, 0.717) is 0 Å². The molecule has 1 N–H and O–H groups in total. The third-order valence-electron chi connectivity index (χ3n) is 4.13. The number of benzene rings is 1. The van der Waals surface area contributed by atoms with Gasteiger partial charge in [0.2, 0.25) is 5.91 Å². The number of piperidine rings is 1. The molecule has 1 saturated heterocycles. The van der Waals surface area contributed by atoms with E-state index in [1.54, 1.807) is 0 Å². The van der Waals surface area contributed by atoms with Gasteiger partial charge < -0.3 is 19.7 Å². The Morgan fingerprint density at radius 2 is 1.69 bits per heavy atom. The second-order valence-corrected chi connectivity index (χ2v) is 6.30. The van der Waals surface area contributed by atoms with Gasteiger partial charge in [-0.1, -0.05) is 18.2 Å². The van der Waals surface area contributed by atoms with Crippen LogP contribution in [0.25, 0.3) is 0 Å². The molecule has 0 radical (unpaired) electrons. The number of carbonyl (C=O) groups is 2. The van der Waals surface area contributed by atoms with Gasteiger partial charge >= 0.3 is 18.6 Å². The largest absolute Gasteiger partial charge is 0.573 e. The lowest BCUT2D eigenvalue weighted by molar-refractivity contribution is -0.274. The highest BCUT2D eigenvalue weighted by Crippen LogP contribution is 2.26. The number of amides is 2. The van der Waals surface area contributed by atoms with Crippen molar-refractivity contribution >= 4 is 12.0 Å². The number of ether oxygens (including phenoxy) is 2. The van der Waals surface area contributed by atoms with Crippen LogP contribution in [0.3, 0.4) is 0 Å². The quantitative estimate of drug-likeness (QED) is 0.728. The van der Waals surface area contributed by atoms with Crippen molar-refractivity contribution in [3.05, 3.63) is 29.8 Å². The van der Waals surface area contributed by atoms with E-state index >= 15 is 0 Å². The van der Waals surface area contributed by atoms with E-state index in [1.807, 2.05) is 0 Å². The second-order valence-electron chi connectivity index (χ2n) is 6.30. The number of nitrogens with one attached hydrogen (secondary N) is 1. The van der Waals surface area contributed by atoms with Crippen LogP contribution in [-0.4, -0.2) is 49.1 Å². The average Bonchev–Trinajstić information content (AvgIpc) is 2.63. The number of rotatable bonds is 5. The number of likely N-dealkylation sites (tertiary alicyclic amines) is 1. The van der Waals surface area contributed by atoms with Crippen molar-refractivity contribution in [3.8, 4) is 5.75 Å². The molecule has 0 aromatic heterocycles. The van der Waals surface area contributed by atoms with Gasteiger partial charge in [0.25, 0.3) is 0 Å². The third-order valence-corrected chi connectivity index (χ3v) is 4.13. The van der Waals surface area contributed by atoms with Crippen LogP contribution in [0, 0.1) is 5.92 Å². The minimum absolute atomic E-state index is 0.0303. The van der Waals surface area contributed by atoms with Gasteiger partial charge in [-0.15, -0.1) is 13.2 Å². The highest BCUT2D eigenvalue weighted by molar-refractivity contribution is 5.79. The Morgan fingerprint density at radius 3 is 2.28 bits per heavy atom. The first-order valence-electron chi connectivity index (χ1n) is 8.54. The Bertz CT molecular complexity index is 715. The Balaban J connectivity index is 1.81. The highest BCUT2D eigenvalue weighted by Gasteiger charge is 2.34. The molecule has 2 rings (SSSR count). The van der Waals surface area contributed by atoms with E-state index in [4.69, 9.17) is 0 Å². The van der Waals surface area contributed by atoms with Crippen molar-refractivity contribution < 1.29 is 45.4 Å². The predicted octanol–water partition coefficient (Wildman–Crippen LogP) is 3.61. The maximum Gasteiger partial charge on any atom is 0.573 e. The van der Waals surface area contributed by atoms with E-state index in [9.17, 15) is 35.9 Å². The first-order chi connectivity index (χ1) is 13.4. The monoisotopic (exact) mass is 428 g/mol. The molecule has 0 spiro atoms. The maximum absolute atomic E-state index is 12.4. The average molecular weight is 428 g/mol. The van der Waals surface area contributed by atoms with Gasteiger partial charge in [0.15, 0.2) is 6.61 Å². The maximum atomic E-state index is 12.4. The lowest BCUT2D eigenvalue weighted by Crippen LogP contribution is -2.43. The summed E-state index contributed by atoms with van der Waals surface area (Å²) in [4.78, 5) is 24.9. The summed E-state index contributed by atoms with van der Waals surface area (Å²) in [5.74, 6) is -1.39. The van der Waals surface area contributed by atoms with Gasteiger partial charge in [-0.3, -0.25) is 4.79 Å². The Labute approximate surface area is 161 Å². The number of alkyl halides is 6. The van der Waals surface area contributed by atoms with Gasteiger partial charge in [-0.05, 0) is 18.9 Å². The molecule has 162 valence electrons. The fourth-order valence-electron chi connectivity index (χ4n) is 2.76. The molecule has 1 heterocycles. The molecule has 0 saturated carbocycles. The van der Waals surface area contributed by atoms with Crippen LogP contribution in [0.1, 0.15) is 18.4 Å². The van der Waals surface area contributed by atoms with E-state index < -0.39 is 42.8 Å². The van der Waals surface area contributed by atoms with Crippen LogP contribution in [0.2, 0.25) is 0 Å². The van der Waals surface area contributed by atoms with Crippen molar-refractivity contribution in [1.29, 1.82) is 0 Å². The first kappa shape index (κ1) is 22.6. The van der Waals surface area contributed by atoms with Gasteiger partial charge in [-0.25, -0.2) is 4.79 Å². The van der Waals surface area contributed by atoms with Gasteiger partial charge in [0.1, 0.15) is 5.75 Å². The molecule has 1 aliphatic heterocycles. The summed E-state index contributed by atoms with van der Waals surface area (Å²) >= 11 is 0. The number of halogens is 6. The van der Waals surface area contributed by atoms with Crippen molar-refractivity contribution in [2.45, 2.75) is 31.9 Å². The summed E-state index contributed by atoms with van der Waals surface area (Å²) in [6.07, 6.45) is -10.2. The van der Waals surface area contributed by atoms with Gasteiger partial charge in [-0.2, -0.15) is 13.2 Å². The summed E-state index contributed by atoms with van der Waals surface area (Å²) in [6, 6.07) is 5.36. The van der Waals surface area contributed by atoms with Crippen LogP contribution in [-0.2, 0) is 16.1 Å². The highest BCUT2D eigenvalue weighted by atomic mass is 19.4. The second kappa shape index (κ2) is 9.23. The minimum Gasteiger partial charge on any atom is -0.440 e. The summed E-state index contributed by atoms with van der Waals surface area (Å²) in [5, 5.41) is 2.51. The summed E-state index contributed by atoms with van der Waals surface area (Å²) < 4.78 is 81.5. The molecule has 12 heteroatoms. The minimum atomic E-state index is -4.87. The van der Waals surface area contributed by atoms with Gasteiger partial charge in [0, 0.05) is 31.1 Å². The predicted molar refractivity (Wildman–Crippen MR) is 86.7 cm³/mol. The molecule has 0 aliphatic carbocycles. The lowest BCUT2D eigenvalue weighted by atomic mass is 9.96. The molecule has 1 aliphatic rings. The van der Waals surface area contributed by atoms with Crippen LogP contribution >= 0.6 is 0 Å². The zero-order valence-corrected chi connectivity index (χ0v) is 15.0. The number of carbonyl (C=O) groups excluding carboxylic acids is 2. The number of hydrogen-bond acceptors (Lipinski definition) is 4. The standard InChI is InChI=1S/C17H18F6N2O4/c18-16(19,20)10-28-15(27)25-7-5-11(6-8-25)14(26)24-9-12-3-1-2-4-13(12)29-17(21,22)23/h1-4,11H,5-10H2,(H,24,26). The van der Waals surface area contributed by atoms with Crippen molar-refractivity contribution in [2.24, 2.45) is 5.92 Å². The fraction of sp³-hybridized carbons (Fsp3) is 0.529. The summed E-state index contributed by atoms with van der Waals surface area (Å²) in [6.45, 7) is -1.82. The van der Waals surface area contributed by atoms with E-state index in [1.165, 1.54) is 18.2 Å². The molecule has 2 amide bonds. The normalized spacial score (nSPS) is 15.7.